The molecule has 438 valence electrons. The van der Waals surface area contributed by atoms with Gasteiger partial charge in [-0.05, 0) is 166 Å². The molecule has 0 aliphatic carbocycles. The summed E-state index contributed by atoms with van der Waals surface area (Å²) in [7, 11) is 0. The summed E-state index contributed by atoms with van der Waals surface area (Å²) < 4.78 is 13.5. The smallest absolute Gasteiger partial charge is 0.143 e. The van der Waals surface area contributed by atoms with Gasteiger partial charge in [0.2, 0.25) is 0 Å². The van der Waals surface area contributed by atoms with Crippen LogP contribution in [0.15, 0.2) is 324 Å². The maximum absolute atomic E-state index is 6.77. The van der Waals surface area contributed by atoms with E-state index in [0.717, 1.165) is 145 Å². The molecule has 0 amide bonds. The van der Waals surface area contributed by atoms with Gasteiger partial charge in [0.15, 0.2) is 0 Å². The predicted molar refractivity (Wildman–Crippen MR) is 387 cm³/mol. The molecule has 16 rings (SSSR count). The Balaban J connectivity index is 0.802. The molecule has 92 heavy (non-hydrogen) atoms. The quantitative estimate of drug-likeness (QED) is 0.115. The maximum Gasteiger partial charge on any atom is 0.143 e. The number of furan rings is 2. The van der Waals surface area contributed by atoms with E-state index >= 15 is 0 Å². The lowest BCUT2D eigenvalue weighted by Crippen LogP contribution is -2.14. The highest BCUT2D eigenvalue weighted by atomic mass is 16.3. The summed E-state index contributed by atoms with van der Waals surface area (Å²) in [6, 6.07) is 114. The van der Waals surface area contributed by atoms with Crippen LogP contribution in [0.4, 0.5) is 34.1 Å². The van der Waals surface area contributed by atoms with Gasteiger partial charge in [-0.2, -0.15) is 0 Å². The molecule has 2 heterocycles. The van der Waals surface area contributed by atoms with Crippen molar-refractivity contribution in [2.75, 3.05) is 9.80 Å². The SMILES string of the molecule is Cc1cc(-c2ccc(N(c3ccc(-c4ccc(-c5ccccc5)cc4)cc3)c3c(C)cccc3-c3cccc4c3oc3ccccc34)c(C)c2)ccc1N(c1ccc(-c2ccc(-c3ccccc3)cc2)cc1)c1c(C)cccc1-c1cccc2c1oc1ccccc12. The molecule has 4 heteroatoms. The third-order valence-corrected chi connectivity index (χ3v) is 18.4. The summed E-state index contributed by atoms with van der Waals surface area (Å²) in [5, 5.41) is 4.42. The monoisotopic (exact) mass is 1180 g/mol. The van der Waals surface area contributed by atoms with Crippen molar-refractivity contribution in [2.45, 2.75) is 27.7 Å². The fourth-order valence-corrected chi connectivity index (χ4v) is 13.8. The molecule has 0 radical (unpaired) electrons. The van der Waals surface area contributed by atoms with Gasteiger partial charge in [0.1, 0.15) is 22.3 Å². The molecule has 0 atom stereocenters. The number of benzene rings is 14. The second-order valence-electron chi connectivity index (χ2n) is 24.2. The second kappa shape index (κ2) is 23.3. The van der Waals surface area contributed by atoms with Gasteiger partial charge in [-0.25, -0.2) is 0 Å². The van der Waals surface area contributed by atoms with Crippen LogP contribution in [0.1, 0.15) is 22.3 Å². The minimum absolute atomic E-state index is 0.878. The van der Waals surface area contributed by atoms with Crippen molar-refractivity contribution in [1.82, 2.24) is 0 Å². The molecular weight excluding hydrogens is 1120 g/mol. The fourth-order valence-electron chi connectivity index (χ4n) is 13.8. The van der Waals surface area contributed by atoms with Crippen LogP contribution in [0.2, 0.25) is 0 Å². The van der Waals surface area contributed by atoms with Gasteiger partial charge in [0, 0.05) is 66.5 Å². The van der Waals surface area contributed by atoms with Gasteiger partial charge in [-0.3, -0.25) is 0 Å². The standard InChI is InChI=1S/C88H64N2O2/c1-57-19-15-27-75(79-31-17-29-77-73-25-11-13-33-83(73)91-87(77)79)85(57)89(71-49-43-67(44-50-71)65-39-35-63(36-40-65)61-21-7-5-8-22-61)81-53-47-69(55-59(81)3)70-48-54-82(60(4)56-70)90(72-51-45-68(46-52-72)66-41-37-64(38-42-66)62-23-9-6-10-24-62)86-58(2)20-16-28-76(86)80-32-18-30-78-74-26-12-14-34-84(74)92-88(78)80/h5-56H,1-4H3. The Kier molecular flexibility index (Phi) is 14.1. The van der Waals surface area contributed by atoms with Gasteiger partial charge in [0.05, 0.1) is 11.4 Å². The lowest BCUT2D eigenvalue weighted by molar-refractivity contribution is 0.669. The summed E-state index contributed by atoms with van der Waals surface area (Å²) >= 11 is 0. The minimum Gasteiger partial charge on any atom is -0.455 e. The Morgan fingerprint density at radius 2 is 0.511 bits per heavy atom. The van der Waals surface area contributed by atoms with Crippen molar-refractivity contribution in [2.24, 2.45) is 0 Å². The first-order chi connectivity index (χ1) is 45.3. The van der Waals surface area contributed by atoms with Crippen molar-refractivity contribution in [1.29, 1.82) is 0 Å². The molecular formula is C88H64N2O2. The summed E-state index contributed by atoms with van der Waals surface area (Å²) in [5.74, 6) is 0. The molecule has 0 bridgehead atoms. The summed E-state index contributed by atoms with van der Waals surface area (Å²) in [5.41, 5.74) is 30.5. The number of para-hydroxylation sites is 6. The van der Waals surface area contributed by atoms with Gasteiger partial charge in [-0.15, -0.1) is 0 Å². The largest absolute Gasteiger partial charge is 0.455 e. The first-order valence-electron chi connectivity index (χ1n) is 31.6. The molecule has 0 aliphatic rings. The topological polar surface area (TPSA) is 32.8 Å². The van der Waals surface area contributed by atoms with Crippen LogP contribution in [0.5, 0.6) is 0 Å². The number of nitrogens with zero attached hydrogens (tertiary/aromatic N) is 2. The van der Waals surface area contributed by atoms with E-state index in [0.29, 0.717) is 0 Å². The zero-order chi connectivity index (χ0) is 61.8. The van der Waals surface area contributed by atoms with Crippen LogP contribution in [0.25, 0.3) is 122 Å². The molecule has 0 aliphatic heterocycles. The molecule has 4 nitrogen and oxygen atoms in total. The summed E-state index contributed by atoms with van der Waals surface area (Å²) in [6.07, 6.45) is 0. The first kappa shape index (κ1) is 55.6. The Morgan fingerprint density at radius 3 is 0.880 bits per heavy atom. The second-order valence-corrected chi connectivity index (χ2v) is 24.2. The molecule has 0 N–H and O–H groups in total. The van der Waals surface area contributed by atoms with Gasteiger partial charge >= 0.3 is 0 Å². The molecule has 0 fully saturated rings. The number of aryl methyl sites for hydroxylation is 4. The zero-order valence-electron chi connectivity index (χ0n) is 51.7. The van der Waals surface area contributed by atoms with Crippen molar-refractivity contribution in [3.05, 3.63) is 338 Å². The summed E-state index contributed by atoms with van der Waals surface area (Å²) in [6.45, 7) is 8.95. The lowest BCUT2D eigenvalue weighted by Gasteiger charge is -2.31. The molecule has 2 aromatic heterocycles. The van der Waals surface area contributed by atoms with Crippen molar-refractivity contribution >= 4 is 78.0 Å². The maximum atomic E-state index is 6.77. The molecule has 0 spiro atoms. The number of hydrogen-bond donors (Lipinski definition) is 0. The highest BCUT2D eigenvalue weighted by Crippen LogP contribution is 2.50. The van der Waals surface area contributed by atoms with E-state index in [1.54, 1.807) is 0 Å². The highest BCUT2D eigenvalue weighted by molar-refractivity contribution is 6.12. The molecule has 0 saturated carbocycles. The number of anilines is 6. The third-order valence-electron chi connectivity index (χ3n) is 18.4. The van der Waals surface area contributed by atoms with E-state index in [9.17, 15) is 0 Å². The Hall–Kier alpha value is -11.7. The lowest BCUT2D eigenvalue weighted by atomic mass is 9.94. The van der Waals surface area contributed by atoms with E-state index in [-0.39, 0.29) is 0 Å². The Bertz CT molecular complexity index is 5070. The van der Waals surface area contributed by atoms with E-state index < -0.39 is 0 Å². The van der Waals surface area contributed by atoms with Crippen LogP contribution in [0, 0.1) is 27.7 Å². The zero-order valence-corrected chi connectivity index (χ0v) is 51.7. The van der Waals surface area contributed by atoms with Crippen LogP contribution < -0.4 is 9.80 Å². The molecule has 0 unspecified atom stereocenters. The number of hydrogen-bond acceptors (Lipinski definition) is 4. The van der Waals surface area contributed by atoms with Gasteiger partial charge < -0.3 is 18.6 Å². The Labute approximate surface area is 536 Å². The van der Waals surface area contributed by atoms with E-state index in [4.69, 9.17) is 8.83 Å². The van der Waals surface area contributed by atoms with E-state index in [2.05, 4.69) is 341 Å². The molecule has 14 aromatic carbocycles. The van der Waals surface area contributed by atoms with Crippen LogP contribution in [-0.4, -0.2) is 0 Å². The number of rotatable bonds is 13. The van der Waals surface area contributed by atoms with E-state index in [1.165, 1.54) is 33.4 Å². The van der Waals surface area contributed by atoms with Gasteiger partial charge in [0.25, 0.3) is 0 Å². The summed E-state index contributed by atoms with van der Waals surface area (Å²) in [4.78, 5) is 4.91. The minimum atomic E-state index is 0.878. The first-order valence-corrected chi connectivity index (χ1v) is 31.6. The van der Waals surface area contributed by atoms with Crippen LogP contribution >= 0.6 is 0 Å². The normalized spacial score (nSPS) is 11.5. The molecule has 16 aromatic rings. The Morgan fingerprint density at radius 1 is 0.217 bits per heavy atom. The average molecular weight is 1180 g/mol. The molecule has 0 saturated heterocycles. The van der Waals surface area contributed by atoms with E-state index in [1.807, 2.05) is 12.1 Å². The van der Waals surface area contributed by atoms with Gasteiger partial charge in [-0.1, -0.05) is 255 Å². The van der Waals surface area contributed by atoms with Crippen molar-refractivity contribution < 1.29 is 8.83 Å². The average Bonchev–Trinajstić information content (AvgIpc) is 1.48. The van der Waals surface area contributed by atoms with Crippen molar-refractivity contribution in [3.63, 3.8) is 0 Å². The van der Waals surface area contributed by atoms with Crippen LogP contribution in [0.3, 0.4) is 0 Å². The fraction of sp³-hybridized carbons (Fsp3) is 0.0455. The third kappa shape index (κ3) is 9.99. The highest BCUT2D eigenvalue weighted by Gasteiger charge is 2.26. The number of fused-ring (bicyclic) bond motifs is 6. The predicted octanol–water partition coefficient (Wildman–Crippen LogP) is 25.3. The van der Waals surface area contributed by atoms with Crippen LogP contribution in [-0.2, 0) is 0 Å². The van der Waals surface area contributed by atoms with Crippen molar-refractivity contribution in [3.8, 4) is 77.9 Å².